The molecule has 0 aromatic heterocycles. The van der Waals surface area contributed by atoms with Crippen LogP contribution in [0.2, 0.25) is 0 Å². The van der Waals surface area contributed by atoms with Crippen LogP contribution in [0.25, 0.3) is 0 Å². The van der Waals surface area contributed by atoms with Gasteiger partial charge in [0.1, 0.15) is 11.6 Å². The van der Waals surface area contributed by atoms with E-state index in [1.807, 2.05) is 12.1 Å². The van der Waals surface area contributed by atoms with Crippen molar-refractivity contribution in [3.8, 4) is 23.7 Å². The minimum Gasteiger partial charge on any atom is -0.207 e. The molecule has 0 fully saturated rings. The second kappa shape index (κ2) is 9.03. The predicted octanol–water partition coefficient (Wildman–Crippen LogP) is 6.03. The van der Waals surface area contributed by atoms with Crippen LogP contribution >= 0.6 is 0 Å². The van der Waals surface area contributed by atoms with Gasteiger partial charge in [-0.1, -0.05) is 55.2 Å². The van der Waals surface area contributed by atoms with Gasteiger partial charge in [0.25, 0.3) is 0 Å². The van der Waals surface area contributed by atoms with Crippen molar-refractivity contribution < 1.29 is 8.78 Å². The molecule has 0 aliphatic heterocycles. The van der Waals surface area contributed by atoms with Gasteiger partial charge in [-0.2, -0.15) is 0 Å². The zero-order valence-corrected chi connectivity index (χ0v) is 15.9. The van der Waals surface area contributed by atoms with Crippen LogP contribution in [-0.4, -0.2) is 0 Å². The number of halogens is 2. The molecule has 3 aromatic carbocycles. The molecular weight excluding hydrogens is 350 g/mol. The first-order chi connectivity index (χ1) is 13.5. The fourth-order valence-corrected chi connectivity index (χ4v) is 2.69. The van der Waals surface area contributed by atoms with Crippen LogP contribution < -0.4 is 0 Å². The largest absolute Gasteiger partial charge is 0.207 e. The highest BCUT2D eigenvalue weighted by molar-refractivity contribution is 5.49. The average molecular weight is 370 g/mol. The van der Waals surface area contributed by atoms with Gasteiger partial charge in [-0.25, -0.2) is 8.78 Å². The van der Waals surface area contributed by atoms with Crippen LogP contribution in [0.3, 0.4) is 0 Å². The molecule has 0 radical (unpaired) electrons. The van der Waals surface area contributed by atoms with Crippen molar-refractivity contribution in [1.82, 2.24) is 0 Å². The molecule has 0 N–H and O–H groups in total. The standard InChI is InChI=1S/C26H20F2/c1-3-4-20-7-9-21(10-8-20)11-12-23-14-16-24(26(28)18-23)15-13-22-6-5-19(2)25(27)17-22/h5-10,14,16-18H,3-4H2,1-2H3. The van der Waals surface area contributed by atoms with Gasteiger partial charge in [-0.15, -0.1) is 0 Å². The van der Waals surface area contributed by atoms with Crippen molar-refractivity contribution in [3.63, 3.8) is 0 Å². The molecule has 138 valence electrons. The van der Waals surface area contributed by atoms with Crippen LogP contribution in [0.4, 0.5) is 8.78 Å². The van der Waals surface area contributed by atoms with Crippen molar-refractivity contribution >= 4 is 0 Å². The van der Waals surface area contributed by atoms with Crippen LogP contribution in [0.1, 0.15) is 46.7 Å². The molecule has 0 heterocycles. The molecule has 0 bridgehead atoms. The third-order valence-electron chi connectivity index (χ3n) is 4.33. The fraction of sp³-hybridized carbons (Fsp3) is 0.154. The van der Waals surface area contributed by atoms with Crippen LogP contribution in [0.5, 0.6) is 0 Å². The summed E-state index contributed by atoms with van der Waals surface area (Å²) in [5, 5.41) is 0. The first-order valence-corrected chi connectivity index (χ1v) is 9.24. The Hall–Kier alpha value is -3.36. The lowest BCUT2D eigenvalue weighted by Gasteiger charge is -1.98. The van der Waals surface area contributed by atoms with E-state index >= 15 is 0 Å². The Morgan fingerprint density at radius 2 is 1.25 bits per heavy atom. The fourth-order valence-electron chi connectivity index (χ4n) is 2.69. The first-order valence-electron chi connectivity index (χ1n) is 9.24. The summed E-state index contributed by atoms with van der Waals surface area (Å²) in [6, 6.07) is 17.5. The van der Waals surface area contributed by atoms with E-state index in [-0.39, 0.29) is 11.4 Å². The third-order valence-corrected chi connectivity index (χ3v) is 4.33. The lowest BCUT2D eigenvalue weighted by molar-refractivity contribution is 0.618. The van der Waals surface area contributed by atoms with Crippen molar-refractivity contribution in [3.05, 3.63) is 106 Å². The number of rotatable bonds is 2. The second-order valence-electron chi connectivity index (χ2n) is 6.61. The van der Waals surface area contributed by atoms with Crippen LogP contribution in [0.15, 0.2) is 60.7 Å². The molecule has 0 saturated heterocycles. The molecular formula is C26H20F2. The summed E-state index contributed by atoms with van der Waals surface area (Å²) in [6.07, 6.45) is 2.16. The Labute approximate surface area is 165 Å². The van der Waals surface area contributed by atoms with E-state index in [0.29, 0.717) is 16.7 Å². The van der Waals surface area contributed by atoms with Crippen molar-refractivity contribution in [2.75, 3.05) is 0 Å². The van der Waals surface area contributed by atoms with Gasteiger partial charge in [0.2, 0.25) is 0 Å². The Morgan fingerprint density at radius 1 is 0.679 bits per heavy atom. The Morgan fingerprint density at radius 3 is 1.89 bits per heavy atom. The summed E-state index contributed by atoms with van der Waals surface area (Å²) in [5.41, 5.74) is 4.09. The number of hydrogen-bond donors (Lipinski definition) is 0. The molecule has 0 amide bonds. The summed E-state index contributed by atoms with van der Waals surface area (Å²) in [4.78, 5) is 0. The summed E-state index contributed by atoms with van der Waals surface area (Å²) in [6.45, 7) is 3.83. The average Bonchev–Trinajstić information content (AvgIpc) is 2.69. The van der Waals surface area contributed by atoms with Crippen LogP contribution in [-0.2, 0) is 6.42 Å². The molecule has 0 unspecified atom stereocenters. The first kappa shape index (κ1) is 19.4. The highest BCUT2D eigenvalue weighted by Crippen LogP contribution is 2.12. The predicted molar refractivity (Wildman–Crippen MR) is 110 cm³/mol. The minimum atomic E-state index is -0.440. The van der Waals surface area contributed by atoms with Crippen molar-refractivity contribution in [1.29, 1.82) is 0 Å². The maximum atomic E-state index is 14.3. The minimum absolute atomic E-state index is 0.260. The molecule has 0 spiro atoms. The number of benzene rings is 3. The van der Waals surface area contributed by atoms with Gasteiger partial charge in [0.05, 0.1) is 5.56 Å². The maximum Gasteiger partial charge on any atom is 0.140 e. The molecule has 0 nitrogen and oxygen atoms in total. The number of aryl methyl sites for hydroxylation is 2. The van der Waals surface area contributed by atoms with E-state index in [4.69, 9.17) is 0 Å². The lowest BCUT2D eigenvalue weighted by atomic mass is 10.1. The van der Waals surface area contributed by atoms with E-state index < -0.39 is 5.82 Å². The van der Waals surface area contributed by atoms with Crippen LogP contribution in [0, 0.1) is 42.2 Å². The SMILES string of the molecule is CCCc1ccc(C#Cc2ccc(C#Cc3ccc(C)c(F)c3)c(F)c2)cc1. The maximum absolute atomic E-state index is 14.3. The Kier molecular flexibility index (Phi) is 6.25. The van der Waals surface area contributed by atoms with Gasteiger partial charge in [0.15, 0.2) is 0 Å². The highest BCUT2D eigenvalue weighted by atomic mass is 19.1. The third kappa shape index (κ3) is 5.09. The monoisotopic (exact) mass is 370 g/mol. The normalized spacial score (nSPS) is 9.86. The lowest BCUT2D eigenvalue weighted by Crippen LogP contribution is -1.87. The van der Waals surface area contributed by atoms with E-state index in [0.717, 1.165) is 18.4 Å². The molecule has 28 heavy (non-hydrogen) atoms. The molecule has 0 atom stereocenters. The highest BCUT2D eigenvalue weighted by Gasteiger charge is 2.01. The quantitative estimate of drug-likeness (QED) is 0.484. The Balaban J connectivity index is 1.76. The smallest absolute Gasteiger partial charge is 0.140 e. The summed E-state index contributed by atoms with van der Waals surface area (Å²) in [7, 11) is 0. The van der Waals surface area contributed by atoms with Gasteiger partial charge in [-0.05, 0) is 66.9 Å². The Bertz CT molecular complexity index is 1100. The second-order valence-corrected chi connectivity index (χ2v) is 6.61. The van der Waals surface area contributed by atoms with Gasteiger partial charge >= 0.3 is 0 Å². The molecule has 0 saturated carbocycles. The van der Waals surface area contributed by atoms with Crippen molar-refractivity contribution in [2.24, 2.45) is 0 Å². The van der Waals surface area contributed by atoms with E-state index in [1.165, 1.54) is 17.7 Å². The zero-order chi connectivity index (χ0) is 19.9. The molecule has 3 aromatic rings. The summed E-state index contributed by atoms with van der Waals surface area (Å²) in [5.74, 6) is 10.8. The molecule has 2 heteroatoms. The number of hydrogen-bond acceptors (Lipinski definition) is 0. The van der Waals surface area contributed by atoms with E-state index in [2.05, 4.69) is 42.7 Å². The topological polar surface area (TPSA) is 0 Å². The molecule has 0 aliphatic rings. The van der Waals surface area contributed by atoms with Gasteiger partial charge < -0.3 is 0 Å². The van der Waals surface area contributed by atoms with Gasteiger partial charge in [0, 0.05) is 16.7 Å². The summed E-state index contributed by atoms with van der Waals surface area (Å²) < 4.78 is 27.9. The molecule has 3 rings (SSSR count). The van der Waals surface area contributed by atoms with E-state index in [9.17, 15) is 8.78 Å². The molecule has 0 aliphatic carbocycles. The zero-order valence-electron chi connectivity index (χ0n) is 15.9. The summed E-state index contributed by atoms with van der Waals surface area (Å²) >= 11 is 0. The van der Waals surface area contributed by atoms with Gasteiger partial charge in [-0.3, -0.25) is 0 Å². The van der Waals surface area contributed by atoms with E-state index in [1.54, 1.807) is 31.2 Å². The van der Waals surface area contributed by atoms with Crippen molar-refractivity contribution in [2.45, 2.75) is 26.7 Å².